The molecule has 0 fully saturated rings. The summed E-state index contributed by atoms with van der Waals surface area (Å²) in [5, 5.41) is 16.4. The van der Waals surface area contributed by atoms with Gasteiger partial charge in [0.2, 0.25) is 0 Å². The summed E-state index contributed by atoms with van der Waals surface area (Å²) in [6.45, 7) is 0. The molecule has 5 rings (SSSR count). The van der Waals surface area contributed by atoms with Gasteiger partial charge in [-0.05, 0) is 47.2 Å². The molecule has 4 aromatic carbocycles. The highest BCUT2D eigenvalue weighted by Gasteiger charge is 2.12. The maximum atomic E-state index is 12.5. The number of hydrogen-bond acceptors (Lipinski definition) is 5. The number of nitrogens with one attached hydrogen (secondary N) is 1. The highest BCUT2D eigenvalue weighted by atomic mass is 16.5. The Hall–Kier alpha value is -4.51. The third kappa shape index (κ3) is 3.79. The summed E-state index contributed by atoms with van der Waals surface area (Å²) in [6.07, 6.45) is 1.36. The van der Waals surface area contributed by atoms with E-state index >= 15 is 0 Å². The molecule has 0 aliphatic rings. The summed E-state index contributed by atoms with van der Waals surface area (Å²) in [7, 11) is 0. The van der Waals surface area contributed by atoms with E-state index < -0.39 is 5.63 Å². The number of aliphatic hydroxyl groups is 1. The lowest BCUT2D eigenvalue weighted by Gasteiger charge is -2.11. The Morgan fingerprint density at radius 1 is 0.844 bits per heavy atom. The van der Waals surface area contributed by atoms with E-state index in [4.69, 9.17) is 9.15 Å². The van der Waals surface area contributed by atoms with Crippen molar-refractivity contribution < 1.29 is 14.3 Å². The second-order valence-electron chi connectivity index (χ2n) is 7.23. The van der Waals surface area contributed by atoms with Crippen LogP contribution in [0.5, 0.6) is 11.5 Å². The molecule has 0 aliphatic carbocycles. The van der Waals surface area contributed by atoms with Crippen LogP contribution in [0.1, 0.15) is 5.56 Å². The molecule has 5 heteroatoms. The van der Waals surface area contributed by atoms with Crippen LogP contribution in [0.15, 0.2) is 112 Å². The van der Waals surface area contributed by atoms with Crippen LogP contribution in [0, 0.1) is 0 Å². The predicted octanol–water partition coefficient (Wildman–Crippen LogP) is 6.71. The third-order valence-corrected chi connectivity index (χ3v) is 5.14. The highest BCUT2D eigenvalue weighted by Crippen LogP contribution is 2.30. The second kappa shape index (κ2) is 8.32. The van der Waals surface area contributed by atoms with Gasteiger partial charge < -0.3 is 19.6 Å². The number of hydrogen-bond donors (Lipinski definition) is 2. The van der Waals surface area contributed by atoms with Crippen LogP contribution < -0.4 is 15.7 Å². The fourth-order valence-corrected chi connectivity index (χ4v) is 3.56. The van der Waals surface area contributed by atoms with Gasteiger partial charge in [-0.1, -0.05) is 60.7 Å². The van der Waals surface area contributed by atoms with Gasteiger partial charge >= 0.3 is 5.63 Å². The molecule has 0 saturated carbocycles. The zero-order valence-electron chi connectivity index (χ0n) is 17.0. The number of fused-ring (bicyclic) bond motifs is 3. The Labute approximate surface area is 183 Å². The average Bonchev–Trinajstić information content (AvgIpc) is 2.83. The Morgan fingerprint density at radius 2 is 1.59 bits per heavy atom. The van der Waals surface area contributed by atoms with Crippen LogP contribution in [0.2, 0.25) is 0 Å². The van der Waals surface area contributed by atoms with E-state index in [1.165, 1.54) is 6.20 Å². The van der Waals surface area contributed by atoms with Crippen molar-refractivity contribution >= 4 is 33.2 Å². The van der Waals surface area contributed by atoms with Crippen LogP contribution in [0.25, 0.3) is 27.5 Å². The van der Waals surface area contributed by atoms with Crippen molar-refractivity contribution in [1.29, 1.82) is 0 Å². The Morgan fingerprint density at radius 3 is 2.47 bits per heavy atom. The number of rotatable bonds is 5. The molecule has 0 amide bonds. The molecule has 156 valence electrons. The lowest BCUT2D eigenvalue weighted by Crippen LogP contribution is -2.07. The fourth-order valence-electron chi connectivity index (χ4n) is 3.56. The normalized spacial score (nSPS) is 11.6. The van der Waals surface area contributed by atoms with E-state index in [0.717, 1.165) is 16.2 Å². The lowest BCUT2D eigenvalue weighted by molar-refractivity contribution is 0.484. The highest BCUT2D eigenvalue weighted by molar-refractivity contribution is 6.05. The van der Waals surface area contributed by atoms with Gasteiger partial charge in [-0.15, -0.1) is 0 Å². The van der Waals surface area contributed by atoms with Gasteiger partial charge in [0.25, 0.3) is 0 Å². The standard InChI is InChI=1S/C27H19NO4/c29-24(17-28-23-12-6-7-13-26(23)31-19-9-2-1-3-10-19)22-16-21-20-11-5-4-8-18(20)14-15-25(21)32-27(22)30/h1-17,28-29H/b24-17-. The monoisotopic (exact) mass is 421 g/mol. The molecular formula is C27H19NO4. The first-order valence-electron chi connectivity index (χ1n) is 10.1. The molecule has 0 saturated heterocycles. The molecule has 1 heterocycles. The number of para-hydroxylation sites is 3. The molecule has 0 atom stereocenters. The van der Waals surface area contributed by atoms with Crippen LogP contribution in [0.4, 0.5) is 5.69 Å². The Kier molecular flexibility index (Phi) is 5.06. The zero-order chi connectivity index (χ0) is 21.9. The van der Waals surface area contributed by atoms with Crippen molar-refractivity contribution in [3.8, 4) is 11.5 Å². The van der Waals surface area contributed by atoms with Gasteiger partial charge in [-0.25, -0.2) is 4.79 Å². The van der Waals surface area contributed by atoms with Gasteiger partial charge in [-0.3, -0.25) is 0 Å². The average molecular weight is 421 g/mol. The number of ether oxygens (including phenoxy) is 1. The molecule has 0 radical (unpaired) electrons. The SMILES string of the molecule is O=c1oc2ccc3ccccc3c2cc1/C(O)=C/Nc1ccccc1Oc1ccccc1. The topological polar surface area (TPSA) is 71.7 Å². The summed E-state index contributed by atoms with van der Waals surface area (Å²) in [6, 6.07) is 29.9. The van der Waals surface area contributed by atoms with Gasteiger partial charge in [0.05, 0.1) is 5.69 Å². The molecule has 0 spiro atoms. The minimum atomic E-state index is -0.614. The quantitative estimate of drug-likeness (QED) is 0.188. The molecule has 1 aromatic heterocycles. The van der Waals surface area contributed by atoms with E-state index in [-0.39, 0.29) is 11.3 Å². The Balaban J connectivity index is 1.49. The first-order chi connectivity index (χ1) is 15.7. The summed E-state index contributed by atoms with van der Waals surface area (Å²) in [5.41, 5.74) is 0.568. The van der Waals surface area contributed by atoms with E-state index in [2.05, 4.69) is 5.32 Å². The number of aliphatic hydroxyl groups excluding tert-OH is 1. The smallest absolute Gasteiger partial charge is 0.347 e. The maximum Gasteiger partial charge on any atom is 0.347 e. The van der Waals surface area contributed by atoms with Crippen molar-refractivity contribution in [2.45, 2.75) is 0 Å². The summed E-state index contributed by atoms with van der Waals surface area (Å²) >= 11 is 0. The van der Waals surface area contributed by atoms with Crippen molar-refractivity contribution in [2.75, 3.05) is 5.32 Å². The van der Waals surface area contributed by atoms with E-state index in [9.17, 15) is 9.90 Å². The van der Waals surface area contributed by atoms with Gasteiger partial charge in [-0.2, -0.15) is 0 Å². The minimum absolute atomic E-state index is 0.0720. The number of anilines is 1. The summed E-state index contributed by atoms with van der Waals surface area (Å²) in [4.78, 5) is 12.5. The molecule has 2 N–H and O–H groups in total. The van der Waals surface area contributed by atoms with E-state index in [0.29, 0.717) is 22.8 Å². The van der Waals surface area contributed by atoms with Crippen molar-refractivity contribution in [3.63, 3.8) is 0 Å². The largest absolute Gasteiger partial charge is 0.506 e. The van der Waals surface area contributed by atoms with Crippen molar-refractivity contribution in [2.24, 2.45) is 0 Å². The van der Waals surface area contributed by atoms with Crippen LogP contribution in [-0.4, -0.2) is 5.11 Å². The van der Waals surface area contributed by atoms with Gasteiger partial charge in [0, 0.05) is 11.6 Å². The molecule has 32 heavy (non-hydrogen) atoms. The first kappa shape index (κ1) is 19.5. The van der Waals surface area contributed by atoms with Crippen LogP contribution >= 0.6 is 0 Å². The molecule has 5 aromatic rings. The van der Waals surface area contributed by atoms with E-state index in [1.54, 1.807) is 12.1 Å². The predicted molar refractivity (Wildman–Crippen MR) is 127 cm³/mol. The molecule has 0 aliphatic heterocycles. The molecule has 0 unspecified atom stereocenters. The third-order valence-electron chi connectivity index (χ3n) is 5.14. The summed E-state index contributed by atoms with van der Waals surface area (Å²) < 4.78 is 11.4. The molecule has 5 nitrogen and oxygen atoms in total. The first-order valence-corrected chi connectivity index (χ1v) is 10.1. The Bertz CT molecular complexity index is 1500. The maximum absolute atomic E-state index is 12.5. The van der Waals surface area contributed by atoms with Crippen LogP contribution in [-0.2, 0) is 0 Å². The van der Waals surface area contributed by atoms with Crippen molar-refractivity contribution in [1.82, 2.24) is 0 Å². The lowest BCUT2D eigenvalue weighted by atomic mass is 10.0. The van der Waals surface area contributed by atoms with Gasteiger partial charge in [0.15, 0.2) is 5.75 Å². The van der Waals surface area contributed by atoms with E-state index in [1.807, 2.05) is 84.9 Å². The van der Waals surface area contributed by atoms with Crippen molar-refractivity contribution in [3.05, 3.63) is 119 Å². The minimum Gasteiger partial charge on any atom is -0.506 e. The van der Waals surface area contributed by atoms with Crippen LogP contribution in [0.3, 0.4) is 0 Å². The summed E-state index contributed by atoms with van der Waals surface area (Å²) in [5.74, 6) is 1.04. The fraction of sp³-hybridized carbons (Fsp3) is 0. The van der Waals surface area contributed by atoms with Gasteiger partial charge in [0.1, 0.15) is 22.7 Å². The molecular weight excluding hydrogens is 402 g/mol. The number of benzene rings is 4. The zero-order valence-corrected chi connectivity index (χ0v) is 17.0. The second-order valence-corrected chi connectivity index (χ2v) is 7.23. The molecule has 0 bridgehead atoms.